The highest BCUT2D eigenvalue weighted by molar-refractivity contribution is 6.37. The zero-order valence-corrected chi connectivity index (χ0v) is 12.6. The third kappa shape index (κ3) is 3.56. The minimum absolute atomic E-state index is 0.293. The Morgan fingerprint density at radius 3 is 2.17 bits per heavy atom. The molecule has 2 aromatic rings. The van der Waals surface area contributed by atoms with Gasteiger partial charge < -0.3 is 10.4 Å². The minimum Gasteiger partial charge on any atom is -0.376 e. The van der Waals surface area contributed by atoms with Crippen LogP contribution in [0.5, 0.6) is 0 Å². The van der Waals surface area contributed by atoms with E-state index in [0.29, 0.717) is 18.2 Å². The van der Waals surface area contributed by atoms with Gasteiger partial charge in [0.2, 0.25) is 0 Å². The number of aliphatic hydroxyl groups is 1. The van der Waals surface area contributed by atoms with Gasteiger partial charge in [0.25, 0.3) is 5.91 Å². The van der Waals surface area contributed by atoms with Crippen LogP contribution < -0.4 is 10.8 Å². The monoisotopic (exact) mass is 321 g/mol. The molecule has 0 spiro atoms. The van der Waals surface area contributed by atoms with E-state index in [1.165, 1.54) is 12.1 Å². The predicted octanol–water partition coefficient (Wildman–Crippen LogP) is 1.97. The number of carbonyl (C=O) groups excluding carboxylic acids is 1. The summed E-state index contributed by atoms with van der Waals surface area (Å²) in [5.41, 5.74) is -1.61. The van der Waals surface area contributed by atoms with Crippen LogP contribution in [0.1, 0.15) is 22.8 Å². The van der Waals surface area contributed by atoms with Crippen molar-refractivity contribution in [2.24, 2.45) is 0 Å². The Morgan fingerprint density at radius 1 is 1.09 bits per heavy atom. The van der Waals surface area contributed by atoms with E-state index >= 15 is 0 Å². The molecule has 0 aliphatic carbocycles. The van der Waals surface area contributed by atoms with Crippen molar-refractivity contribution >= 4 is 24.9 Å². The van der Waals surface area contributed by atoms with Crippen molar-refractivity contribution in [3.05, 3.63) is 59.7 Å². The first-order valence-electron chi connectivity index (χ1n) is 6.89. The van der Waals surface area contributed by atoms with Crippen LogP contribution in [0.3, 0.4) is 0 Å². The highest BCUT2D eigenvalue weighted by Crippen LogP contribution is 2.38. The molecule has 0 aliphatic rings. The number of benzene rings is 2. The molecule has 2 aromatic carbocycles. The fraction of sp³-hybridized carbons (Fsp3) is 0.188. The van der Waals surface area contributed by atoms with Crippen LogP contribution in [0.4, 0.5) is 18.9 Å². The van der Waals surface area contributed by atoms with Crippen molar-refractivity contribution < 1.29 is 23.1 Å². The summed E-state index contributed by atoms with van der Waals surface area (Å²) in [6.45, 7) is 0.688. The summed E-state index contributed by atoms with van der Waals surface area (Å²) in [6, 6.07) is 11.9. The van der Waals surface area contributed by atoms with Crippen LogP contribution in [-0.4, -0.2) is 25.0 Å². The van der Waals surface area contributed by atoms with Crippen molar-refractivity contribution in [2.45, 2.75) is 18.7 Å². The molecule has 120 valence electrons. The second kappa shape index (κ2) is 6.08. The molecule has 2 N–H and O–H groups in total. The average molecular weight is 321 g/mol. The second-order valence-electron chi connectivity index (χ2n) is 5.42. The van der Waals surface area contributed by atoms with Gasteiger partial charge in [0.05, 0.1) is 0 Å². The number of hydrogen-bond acceptors (Lipinski definition) is 2. The molecular formula is C16H15BF3NO2. The maximum atomic E-state index is 12.8. The first-order valence-corrected chi connectivity index (χ1v) is 6.89. The van der Waals surface area contributed by atoms with Crippen LogP contribution in [0, 0.1) is 0 Å². The van der Waals surface area contributed by atoms with Crippen molar-refractivity contribution in [1.29, 1.82) is 0 Å². The normalized spacial score (nSPS) is 14.1. The van der Waals surface area contributed by atoms with E-state index in [4.69, 9.17) is 0 Å². The minimum atomic E-state index is -4.78. The summed E-state index contributed by atoms with van der Waals surface area (Å²) in [5, 5.41) is 12.2. The summed E-state index contributed by atoms with van der Waals surface area (Å²) in [5.74, 6) is -0.349. The largest absolute Gasteiger partial charge is 0.421 e. The Kier molecular flexibility index (Phi) is 4.52. The summed E-state index contributed by atoms with van der Waals surface area (Å²) in [7, 11) is 1.79. The molecule has 7 heteroatoms. The number of carbonyl (C=O) groups is 1. The molecule has 1 atom stereocenters. The molecule has 3 nitrogen and oxygen atoms in total. The molecular weight excluding hydrogens is 306 g/mol. The third-order valence-electron chi connectivity index (χ3n) is 3.65. The lowest BCUT2D eigenvalue weighted by Crippen LogP contribution is -2.39. The number of nitrogens with one attached hydrogen (secondary N) is 1. The maximum Gasteiger partial charge on any atom is 0.421 e. The Balaban J connectivity index is 2.18. The zero-order chi connectivity index (χ0) is 17.3. The molecule has 0 saturated heterocycles. The van der Waals surface area contributed by atoms with E-state index in [1.54, 1.807) is 32.1 Å². The highest BCUT2D eigenvalue weighted by atomic mass is 19.4. The van der Waals surface area contributed by atoms with E-state index in [9.17, 15) is 23.1 Å². The summed E-state index contributed by atoms with van der Waals surface area (Å²) >= 11 is 0. The SMILES string of the molecule is Bc1ccccc1C(=O)Nc1ccc(C(C)(O)C(F)(F)F)cc1. The van der Waals surface area contributed by atoms with Crippen LogP contribution >= 0.6 is 0 Å². The van der Waals surface area contributed by atoms with Gasteiger partial charge in [0.1, 0.15) is 7.85 Å². The van der Waals surface area contributed by atoms with Gasteiger partial charge in [-0.3, -0.25) is 4.79 Å². The smallest absolute Gasteiger partial charge is 0.376 e. The molecule has 0 aliphatic heterocycles. The van der Waals surface area contributed by atoms with Gasteiger partial charge in [-0.15, -0.1) is 0 Å². The summed E-state index contributed by atoms with van der Waals surface area (Å²) in [6.07, 6.45) is -4.78. The zero-order valence-electron chi connectivity index (χ0n) is 12.6. The Bertz CT molecular complexity index is 712. The number of anilines is 1. The molecule has 0 fully saturated rings. The number of hydrogen-bond donors (Lipinski definition) is 2. The highest BCUT2D eigenvalue weighted by Gasteiger charge is 2.51. The molecule has 1 amide bonds. The van der Waals surface area contributed by atoms with Gasteiger partial charge >= 0.3 is 6.18 Å². The maximum absolute atomic E-state index is 12.8. The van der Waals surface area contributed by atoms with E-state index in [0.717, 1.165) is 17.6 Å². The molecule has 2 rings (SSSR count). The van der Waals surface area contributed by atoms with Gasteiger partial charge in [0, 0.05) is 11.3 Å². The van der Waals surface area contributed by atoms with Gasteiger partial charge in [-0.1, -0.05) is 41.9 Å². The fourth-order valence-electron chi connectivity index (χ4n) is 2.07. The third-order valence-corrected chi connectivity index (χ3v) is 3.65. The lowest BCUT2D eigenvalue weighted by molar-refractivity contribution is -0.258. The Morgan fingerprint density at radius 2 is 1.65 bits per heavy atom. The van der Waals surface area contributed by atoms with E-state index in [-0.39, 0.29) is 11.5 Å². The quantitative estimate of drug-likeness (QED) is 0.849. The van der Waals surface area contributed by atoms with E-state index in [1.807, 2.05) is 0 Å². The standard InChI is InChI=1S/C16H15BF3NO2/c1-15(23,16(18,19)20)10-6-8-11(9-7-10)21-14(22)12-4-2-3-5-13(12)17/h2-9,23H,17H2,1H3,(H,21,22). The summed E-state index contributed by atoms with van der Waals surface area (Å²) < 4.78 is 38.3. The van der Waals surface area contributed by atoms with E-state index in [2.05, 4.69) is 5.32 Å². The molecule has 0 bridgehead atoms. The van der Waals surface area contributed by atoms with Crippen LogP contribution in [0.2, 0.25) is 0 Å². The molecule has 0 saturated carbocycles. The lowest BCUT2D eigenvalue weighted by Gasteiger charge is -2.26. The molecule has 23 heavy (non-hydrogen) atoms. The Hall–Kier alpha value is -2.28. The van der Waals surface area contributed by atoms with Crippen molar-refractivity contribution in [3.8, 4) is 0 Å². The van der Waals surface area contributed by atoms with Crippen molar-refractivity contribution in [1.82, 2.24) is 0 Å². The second-order valence-corrected chi connectivity index (χ2v) is 5.42. The first kappa shape index (κ1) is 17.1. The van der Waals surface area contributed by atoms with Crippen LogP contribution in [-0.2, 0) is 5.60 Å². The lowest BCUT2D eigenvalue weighted by atomic mass is 9.90. The summed E-state index contributed by atoms with van der Waals surface area (Å²) in [4.78, 5) is 12.1. The predicted molar refractivity (Wildman–Crippen MR) is 84.6 cm³/mol. The van der Waals surface area contributed by atoms with Gasteiger partial charge in [0.15, 0.2) is 5.60 Å². The topological polar surface area (TPSA) is 49.3 Å². The average Bonchev–Trinajstić information content (AvgIpc) is 2.47. The number of alkyl halides is 3. The van der Waals surface area contributed by atoms with Crippen LogP contribution in [0.25, 0.3) is 0 Å². The van der Waals surface area contributed by atoms with Crippen molar-refractivity contribution in [2.75, 3.05) is 5.32 Å². The van der Waals surface area contributed by atoms with Crippen LogP contribution in [0.15, 0.2) is 48.5 Å². The molecule has 0 aromatic heterocycles. The Labute approximate surface area is 132 Å². The number of halogens is 3. The first-order chi connectivity index (χ1) is 10.6. The molecule has 1 unspecified atom stereocenters. The number of rotatable bonds is 3. The van der Waals surface area contributed by atoms with Gasteiger partial charge in [-0.25, -0.2) is 0 Å². The van der Waals surface area contributed by atoms with Crippen molar-refractivity contribution in [3.63, 3.8) is 0 Å². The van der Waals surface area contributed by atoms with Gasteiger partial charge in [-0.05, 0) is 24.6 Å². The number of amides is 1. The molecule has 0 heterocycles. The van der Waals surface area contributed by atoms with Gasteiger partial charge in [-0.2, -0.15) is 13.2 Å². The molecule has 0 radical (unpaired) electrons. The van der Waals surface area contributed by atoms with E-state index < -0.39 is 11.8 Å². The fourth-order valence-corrected chi connectivity index (χ4v) is 2.07.